The number of hydrogen-bond acceptors (Lipinski definition) is 5. The van der Waals surface area contributed by atoms with E-state index >= 15 is 0 Å². The van der Waals surface area contributed by atoms with E-state index in [0.29, 0.717) is 11.5 Å². The van der Waals surface area contributed by atoms with Crippen LogP contribution in [-0.4, -0.2) is 34.6 Å². The predicted octanol–water partition coefficient (Wildman–Crippen LogP) is 4.12. The monoisotopic (exact) mass is 502 g/mol. The lowest BCUT2D eigenvalue weighted by atomic mass is 10.0. The maximum Gasteiger partial charge on any atom is 0.241 e. The van der Waals surface area contributed by atoms with E-state index in [2.05, 4.69) is 10.0 Å². The summed E-state index contributed by atoms with van der Waals surface area (Å²) in [6.07, 6.45) is 0.161. The maximum atomic E-state index is 13.3. The summed E-state index contributed by atoms with van der Waals surface area (Å²) >= 11 is 6.12. The number of nitrogens with one attached hydrogen (secondary N) is 2. The Hall–Kier alpha value is -3.07. The fourth-order valence-electron chi connectivity index (χ4n) is 3.52. The van der Waals surface area contributed by atoms with Gasteiger partial charge in [-0.05, 0) is 43.2 Å². The largest absolute Gasteiger partial charge is 0.496 e. The fraction of sp³-hybridized carbons (Fsp3) is 0.240. The lowest BCUT2D eigenvalue weighted by Gasteiger charge is -2.23. The molecule has 2 N–H and O–H groups in total. The highest BCUT2D eigenvalue weighted by Gasteiger charge is 2.28. The van der Waals surface area contributed by atoms with Crippen LogP contribution in [0.2, 0.25) is 5.02 Å². The molecule has 0 saturated heterocycles. The van der Waals surface area contributed by atoms with Crippen molar-refractivity contribution in [3.63, 3.8) is 0 Å². The minimum absolute atomic E-state index is 0.0676. The van der Waals surface area contributed by atoms with Crippen molar-refractivity contribution in [1.29, 1.82) is 0 Å². The Balaban J connectivity index is 1.87. The number of para-hydroxylation sites is 1. The first-order chi connectivity index (χ1) is 16.2. The zero-order chi connectivity index (χ0) is 24.7. The lowest BCUT2D eigenvalue weighted by Crippen LogP contribution is -2.48. The summed E-state index contributed by atoms with van der Waals surface area (Å²) in [4.78, 5) is 13.2. The van der Waals surface area contributed by atoms with Gasteiger partial charge in [0.15, 0.2) is 0 Å². The van der Waals surface area contributed by atoms with Gasteiger partial charge in [-0.3, -0.25) is 4.79 Å². The van der Waals surface area contributed by atoms with Crippen LogP contribution in [0.15, 0.2) is 77.7 Å². The van der Waals surface area contributed by atoms with Crippen LogP contribution in [0.1, 0.15) is 24.1 Å². The van der Waals surface area contributed by atoms with Crippen LogP contribution in [0.4, 0.5) is 0 Å². The van der Waals surface area contributed by atoms with Crippen molar-refractivity contribution in [2.45, 2.75) is 30.3 Å². The summed E-state index contributed by atoms with van der Waals surface area (Å²) in [6.45, 7) is 1.81. The topological polar surface area (TPSA) is 93.7 Å². The number of amides is 1. The zero-order valence-electron chi connectivity index (χ0n) is 19.1. The van der Waals surface area contributed by atoms with Gasteiger partial charge in [-0.1, -0.05) is 60.1 Å². The first-order valence-corrected chi connectivity index (χ1v) is 12.4. The number of methoxy groups -OCH3 is 2. The van der Waals surface area contributed by atoms with E-state index in [1.165, 1.54) is 25.3 Å². The molecular formula is C25H27ClN2O5S. The number of ether oxygens (including phenoxy) is 2. The Labute approximate surface area is 205 Å². The number of hydrogen-bond donors (Lipinski definition) is 2. The zero-order valence-corrected chi connectivity index (χ0v) is 20.7. The van der Waals surface area contributed by atoms with E-state index in [9.17, 15) is 13.2 Å². The Bertz CT molecular complexity index is 1240. The SMILES string of the molecule is COc1ccc(S(=O)(=O)N[C@@H](Cc2ccccc2)C(=O)N[C@@H](C)c2ccccc2OC)cc1Cl. The average Bonchev–Trinajstić information content (AvgIpc) is 2.84. The molecule has 0 fully saturated rings. The van der Waals surface area contributed by atoms with Crippen LogP contribution in [0.3, 0.4) is 0 Å². The lowest BCUT2D eigenvalue weighted by molar-refractivity contribution is -0.123. The highest BCUT2D eigenvalue weighted by Crippen LogP contribution is 2.27. The molecule has 2 atom stereocenters. The molecule has 0 bridgehead atoms. The van der Waals surface area contributed by atoms with Gasteiger partial charge in [0.05, 0.1) is 30.2 Å². The van der Waals surface area contributed by atoms with E-state index in [1.807, 2.05) is 55.5 Å². The van der Waals surface area contributed by atoms with E-state index < -0.39 is 28.0 Å². The van der Waals surface area contributed by atoms with E-state index in [0.717, 1.165) is 11.1 Å². The molecule has 0 spiro atoms. The van der Waals surface area contributed by atoms with Gasteiger partial charge in [-0.2, -0.15) is 4.72 Å². The molecule has 34 heavy (non-hydrogen) atoms. The fourth-order valence-corrected chi connectivity index (χ4v) is 5.07. The smallest absolute Gasteiger partial charge is 0.241 e. The van der Waals surface area contributed by atoms with Crippen molar-refractivity contribution in [3.05, 3.63) is 88.9 Å². The molecule has 0 aliphatic heterocycles. The minimum atomic E-state index is -4.06. The molecule has 0 radical (unpaired) electrons. The van der Waals surface area contributed by atoms with Gasteiger partial charge in [0, 0.05) is 5.56 Å². The molecule has 0 aliphatic carbocycles. The Morgan fingerprint density at radius 2 is 1.59 bits per heavy atom. The van der Waals surface area contributed by atoms with E-state index in [1.54, 1.807) is 13.2 Å². The average molecular weight is 503 g/mol. The molecule has 3 aromatic rings. The highest BCUT2D eigenvalue weighted by atomic mass is 35.5. The van der Waals surface area contributed by atoms with Gasteiger partial charge in [0.25, 0.3) is 0 Å². The molecule has 3 rings (SSSR count). The third-order valence-corrected chi connectivity index (χ3v) is 7.06. The second kappa shape index (κ2) is 11.4. The highest BCUT2D eigenvalue weighted by molar-refractivity contribution is 7.89. The van der Waals surface area contributed by atoms with Gasteiger partial charge in [-0.25, -0.2) is 8.42 Å². The standard InChI is InChI=1S/C25H27ClN2O5S/c1-17(20-11-7-8-12-23(20)32-2)27-25(29)22(15-18-9-5-4-6-10-18)28-34(30,31)19-13-14-24(33-3)21(26)16-19/h4-14,16-17,22,28H,15H2,1-3H3,(H,27,29)/t17-,22-/m0/s1. The van der Waals surface area contributed by atoms with Crippen LogP contribution in [0.25, 0.3) is 0 Å². The Morgan fingerprint density at radius 3 is 2.24 bits per heavy atom. The number of benzene rings is 3. The van der Waals surface area contributed by atoms with Crippen LogP contribution in [0, 0.1) is 0 Å². The minimum Gasteiger partial charge on any atom is -0.496 e. The van der Waals surface area contributed by atoms with Crippen molar-refractivity contribution < 1.29 is 22.7 Å². The number of sulfonamides is 1. The summed E-state index contributed by atoms with van der Waals surface area (Å²) in [5.74, 6) is 0.513. The second-order valence-electron chi connectivity index (χ2n) is 7.63. The molecule has 0 unspecified atom stereocenters. The second-order valence-corrected chi connectivity index (χ2v) is 9.75. The Kier molecular flexibility index (Phi) is 8.55. The maximum absolute atomic E-state index is 13.3. The number of carbonyl (C=O) groups is 1. The van der Waals surface area contributed by atoms with Crippen LogP contribution >= 0.6 is 11.6 Å². The molecule has 1 amide bonds. The molecule has 0 aromatic heterocycles. The summed E-state index contributed by atoms with van der Waals surface area (Å²) in [7, 11) is -1.06. The summed E-state index contributed by atoms with van der Waals surface area (Å²) in [6, 6.07) is 19.2. The first kappa shape index (κ1) is 25.6. The molecule has 3 aromatic carbocycles. The van der Waals surface area contributed by atoms with E-state index in [4.69, 9.17) is 21.1 Å². The van der Waals surface area contributed by atoms with Crippen molar-refractivity contribution in [2.24, 2.45) is 0 Å². The van der Waals surface area contributed by atoms with Gasteiger partial charge in [0.1, 0.15) is 17.5 Å². The molecule has 0 saturated carbocycles. The number of carbonyl (C=O) groups excluding carboxylic acids is 1. The van der Waals surface area contributed by atoms with Crippen LogP contribution < -0.4 is 19.5 Å². The first-order valence-electron chi connectivity index (χ1n) is 10.6. The van der Waals surface area contributed by atoms with Crippen molar-refractivity contribution in [3.8, 4) is 11.5 Å². The van der Waals surface area contributed by atoms with E-state index in [-0.39, 0.29) is 16.3 Å². The molecule has 0 aliphatic rings. The van der Waals surface area contributed by atoms with Crippen molar-refractivity contribution in [2.75, 3.05) is 14.2 Å². The van der Waals surface area contributed by atoms with Crippen LogP contribution in [0.5, 0.6) is 11.5 Å². The quantitative estimate of drug-likeness (QED) is 0.435. The number of rotatable bonds is 10. The summed E-state index contributed by atoms with van der Waals surface area (Å²) in [5.41, 5.74) is 1.59. The summed E-state index contributed by atoms with van der Waals surface area (Å²) < 4.78 is 39.3. The summed E-state index contributed by atoms with van der Waals surface area (Å²) in [5, 5.41) is 3.06. The molecular weight excluding hydrogens is 476 g/mol. The number of halogens is 1. The van der Waals surface area contributed by atoms with Gasteiger partial charge in [-0.15, -0.1) is 0 Å². The molecule has 7 nitrogen and oxygen atoms in total. The van der Waals surface area contributed by atoms with Gasteiger partial charge >= 0.3 is 0 Å². The van der Waals surface area contributed by atoms with Crippen molar-refractivity contribution in [1.82, 2.24) is 10.0 Å². The normalized spacial score (nSPS) is 13.1. The van der Waals surface area contributed by atoms with Gasteiger partial charge < -0.3 is 14.8 Å². The third-order valence-electron chi connectivity index (χ3n) is 5.29. The molecule has 0 heterocycles. The Morgan fingerprint density at radius 1 is 0.941 bits per heavy atom. The molecule has 9 heteroatoms. The van der Waals surface area contributed by atoms with Gasteiger partial charge in [0.2, 0.25) is 15.9 Å². The van der Waals surface area contributed by atoms with Crippen molar-refractivity contribution >= 4 is 27.5 Å². The predicted molar refractivity (Wildman–Crippen MR) is 132 cm³/mol. The third kappa shape index (κ3) is 6.28. The molecule has 180 valence electrons. The van der Waals surface area contributed by atoms with Crippen LogP contribution in [-0.2, 0) is 21.2 Å².